The highest BCUT2D eigenvalue weighted by atomic mass is 79.9. The van der Waals surface area contributed by atoms with Crippen molar-refractivity contribution >= 4 is 49.9 Å². The number of thiocarbonyl (C=S) groups is 1. The predicted octanol–water partition coefficient (Wildman–Crippen LogP) is 5.30. The number of aromatic nitrogens is 1. The van der Waals surface area contributed by atoms with Crippen molar-refractivity contribution in [2.45, 2.75) is 25.0 Å². The first-order chi connectivity index (χ1) is 9.94. The van der Waals surface area contributed by atoms with Gasteiger partial charge in [0.15, 0.2) is 0 Å². The van der Waals surface area contributed by atoms with E-state index < -0.39 is 0 Å². The van der Waals surface area contributed by atoms with Crippen LogP contribution in [-0.2, 0) is 6.42 Å². The number of benzene rings is 1. The van der Waals surface area contributed by atoms with Crippen molar-refractivity contribution in [3.8, 4) is 0 Å². The van der Waals surface area contributed by atoms with Gasteiger partial charge in [-0.25, -0.2) is 0 Å². The van der Waals surface area contributed by atoms with Gasteiger partial charge in [-0.3, -0.25) is 4.98 Å². The monoisotopic (exact) mass is 380 g/mol. The van der Waals surface area contributed by atoms with Crippen LogP contribution in [0.1, 0.15) is 19.4 Å². The first kappa shape index (κ1) is 16.5. The molecule has 5 heteroatoms. The first-order valence-electron chi connectivity index (χ1n) is 6.59. The lowest BCUT2D eigenvalue weighted by molar-refractivity contribution is 0.712. The fraction of sp³-hybridized carbons (Fsp3) is 0.250. The van der Waals surface area contributed by atoms with Gasteiger partial charge >= 0.3 is 0 Å². The number of nitrogens with one attached hydrogen (secondary N) is 1. The number of pyridine rings is 1. The Bertz CT molecular complexity index is 597. The molecule has 0 saturated carbocycles. The average molecular weight is 381 g/mol. The van der Waals surface area contributed by atoms with Crippen molar-refractivity contribution in [3.05, 3.63) is 58.8 Å². The Balaban J connectivity index is 1.93. The van der Waals surface area contributed by atoms with Crippen molar-refractivity contribution in [2.75, 3.05) is 5.32 Å². The minimum atomic E-state index is 0.0279. The third kappa shape index (κ3) is 5.77. The van der Waals surface area contributed by atoms with Gasteiger partial charge in [0.2, 0.25) is 0 Å². The van der Waals surface area contributed by atoms with E-state index in [2.05, 4.69) is 64.3 Å². The number of anilines is 1. The molecule has 0 radical (unpaired) electrons. The molecule has 0 aliphatic heterocycles. The lowest BCUT2D eigenvalue weighted by atomic mass is 10.0. The van der Waals surface area contributed by atoms with Gasteiger partial charge in [0.25, 0.3) is 0 Å². The molecule has 2 aromatic rings. The summed E-state index contributed by atoms with van der Waals surface area (Å²) >= 11 is 10.6. The molecule has 0 amide bonds. The number of halogens is 1. The van der Waals surface area contributed by atoms with Crippen LogP contribution in [0.4, 0.5) is 5.69 Å². The highest BCUT2D eigenvalue weighted by Gasteiger charge is 2.21. The van der Waals surface area contributed by atoms with Crippen LogP contribution in [0.2, 0.25) is 0 Å². The molecule has 1 aromatic carbocycles. The molecule has 0 spiro atoms. The van der Waals surface area contributed by atoms with Crippen LogP contribution in [0.15, 0.2) is 53.3 Å². The van der Waals surface area contributed by atoms with Gasteiger partial charge in [-0.2, -0.15) is 0 Å². The van der Waals surface area contributed by atoms with E-state index >= 15 is 0 Å². The van der Waals surface area contributed by atoms with E-state index in [0.717, 1.165) is 20.9 Å². The van der Waals surface area contributed by atoms with Gasteiger partial charge in [-0.05, 0) is 50.1 Å². The number of thioether (sulfide) groups is 1. The molecule has 0 atom stereocenters. The number of hydrogen-bond acceptors (Lipinski definition) is 3. The van der Waals surface area contributed by atoms with Crippen molar-refractivity contribution in [3.63, 3.8) is 0 Å². The van der Waals surface area contributed by atoms with Gasteiger partial charge in [0.1, 0.15) is 4.32 Å². The Morgan fingerprint density at radius 3 is 2.62 bits per heavy atom. The van der Waals surface area contributed by atoms with Crippen LogP contribution in [0.5, 0.6) is 0 Å². The summed E-state index contributed by atoms with van der Waals surface area (Å²) in [5.74, 6) is 0. The highest BCUT2D eigenvalue weighted by molar-refractivity contribution is 9.10. The average Bonchev–Trinajstić information content (AvgIpc) is 2.41. The molecule has 2 nitrogen and oxygen atoms in total. The number of rotatable bonds is 4. The van der Waals surface area contributed by atoms with Crippen LogP contribution in [-0.4, -0.2) is 14.1 Å². The first-order valence-corrected chi connectivity index (χ1v) is 8.61. The summed E-state index contributed by atoms with van der Waals surface area (Å²) in [5.41, 5.74) is 2.23. The third-order valence-corrected chi connectivity index (χ3v) is 4.69. The Morgan fingerprint density at radius 1 is 1.29 bits per heavy atom. The van der Waals surface area contributed by atoms with Crippen LogP contribution < -0.4 is 5.32 Å². The molecule has 1 N–H and O–H groups in total. The molecule has 0 aliphatic carbocycles. The molecule has 0 unspecified atom stereocenters. The molecular weight excluding hydrogens is 364 g/mol. The van der Waals surface area contributed by atoms with Crippen LogP contribution in [0, 0.1) is 0 Å². The number of hydrogen-bond donors (Lipinski definition) is 1. The molecule has 21 heavy (non-hydrogen) atoms. The van der Waals surface area contributed by atoms with Crippen molar-refractivity contribution < 1.29 is 0 Å². The van der Waals surface area contributed by atoms with Crippen molar-refractivity contribution in [1.29, 1.82) is 0 Å². The summed E-state index contributed by atoms with van der Waals surface area (Å²) in [7, 11) is 0. The van der Waals surface area contributed by atoms with E-state index in [9.17, 15) is 0 Å². The third-order valence-electron chi connectivity index (χ3n) is 2.82. The molecular formula is C16H17BrN2S2. The molecule has 1 heterocycles. The second-order valence-corrected chi connectivity index (χ2v) is 8.62. The second-order valence-electron chi connectivity index (χ2n) is 5.32. The Labute approximate surface area is 143 Å². The summed E-state index contributed by atoms with van der Waals surface area (Å²) < 4.78 is 1.90. The van der Waals surface area contributed by atoms with Crippen LogP contribution >= 0.6 is 39.9 Å². The fourth-order valence-corrected chi connectivity index (χ4v) is 3.93. The Morgan fingerprint density at radius 2 is 2.00 bits per heavy atom. The van der Waals surface area contributed by atoms with E-state index in [-0.39, 0.29) is 4.75 Å². The smallest absolute Gasteiger partial charge is 0.138 e. The molecule has 0 fully saturated rings. The standard InChI is InChI=1S/C16H17BrN2S2/c1-16(2,10-12-5-7-13(17)8-6-12)21-15(20)19-14-4-3-9-18-11-14/h3-9,11H,10H2,1-2H3,(H,19,20). The lowest BCUT2D eigenvalue weighted by Gasteiger charge is -2.24. The quantitative estimate of drug-likeness (QED) is 0.727. The molecule has 2 rings (SSSR count). The van der Waals surface area contributed by atoms with Crippen LogP contribution in [0.3, 0.4) is 0 Å². The minimum Gasteiger partial charge on any atom is -0.340 e. The molecule has 0 saturated heterocycles. The minimum absolute atomic E-state index is 0.0279. The van der Waals surface area contributed by atoms with Gasteiger partial charge in [0.05, 0.1) is 11.9 Å². The summed E-state index contributed by atoms with van der Waals surface area (Å²) in [5, 5.41) is 3.22. The zero-order chi connectivity index (χ0) is 15.3. The largest absolute Gasteiger partial charge is 0.340 e. The van der Waals surface area contributed by atoms with Gasteiger partial charge < -0.3 is 5.32 Å². The fourth-order valence-electron chi connectivity index (χ4n) is 1.96. The predicted molar refractivity (Wildman–Crippen MR) is 100.0 cm³/mol. The van der Waals surface area contributed by atoms with E-state index in [1.165, 1.54) is 5.56 Å². The van der Waals surface area contributed by atoms with E-state index in [1.807, 2.05) is 12.1 Å². The van der Waals surface area contributed by atoms with E-state index in [4.69, 9.17) is 12.2 Å². The van der Waals surface area contributed by atoms with Crippen molar-refractivity contribution in [2.24, 2.45) is 0 Å². The van der Waals surface area contributed by atoms with Gasteiger partial charge in [-0.15, -0.1) is 0 Å². The van der Waals surface area contributed by atoms with Gasteiger partial charge in [0, 0.05) is 15.4 Å². The summed E-state index contributed by atoms with van der Waals surface area (Å²) in [6, 6.07) is 12.3. The summed E-state index contributed by atoms with van der Waals surface area (Å²) in [6.45, 7) is 4.41. The maximum absolute atomic E-state index is 5.44. The molecule has 110 valence electrons. The summed E-state index contributed by atoms with van der Waals surface area (Å²) in [6.07, 6.45) is 4.48. The summed E-state index contributed by atoms with van der Waals surface area (Å²) in [4.78, 5) is 4.07. The molecule has 0 bridgehead atoms. The van der Waals surface area contributed by atoms with Crippen LogP contribution in [0.25, 0.3) is 0 Å². The zero-order valence-electron chi connectivity index (χ0n) is 12.0. The van der Waals surface area contributed by atoms with Gasteiger partial charge in [-0.1, -0.05) is 52.0 Å². The topological polar surface area (TPSA) is 24.9 Å². The van der Waals surface area contributed by atoms with E-state index in [1.54, 1.807) is 24.2 Å². The lowest BCUT2D eigenvalue weighted by Crippen LogP contribution is -2.23. The molecule has 0 aliphatic rings. The normalized spacial score (nSPS) is 11.2. The Kier molecular flexibility index (Phi) is 5.79. The number of nitrogens with zero attached hydrogens (tertiary/aromatic N) is 1. The van der Waals surface area contributed by atoms with E-state index in [0.29, 0.717) is 0 Å². The second kappa shape index (κ2) is 7.38. The maximum Gasteiger partial charge on any atom is 0.138 e. The molecule has 1 aromatic heterocycles. The Hall–Kier alpha value is -0.910. The zero-order valence-corrected chi connectivity index (χ0v) is 15.2. The highest BCUT2D eigenvalue weighted by Crippen LogP contribution is 2.30. The SMILES string of the molecule is CC(C)(Cc1ccc(Br)cc1)SC(=S)Nc1cccnc1. The maximum atomic E-state index is 5.44. The van der Waals surface area contributed by atoms with Crippen molar-refractivity contribution in [1.82, 2.24) is 4.98 Å².